The Morgan fingerprint density at radius 2 is 1.21 bits per heavy atom. The Morgan fingerprint density at radius 1 is 0.604 bits per heavy atom. The molecule has 0 bridgehead atoms. The van der Waals surface area contributed by atoms with Gasteiger partial charge in [-0.05, 0) is 162 Å². The van der Waals surface area contributed by atoms with Crippen molar-refractivity contribution in [3.05, 3.63) is 58.1 Å². The van der Waals surface area contributed by atoms with Gasteiger partial charge in [-0.15, -0.1) is 0 Å². The maximum Gasteiger partial charge on any atom is -0.00996 e. The second-order valence-corrected chi connectivity index (χ2v) is 17.1. The van der Waals surface area contributed by atoms with Crippen LogP contribution >= 0.6 is 0 Å². The van der Waals surface area contributed by atoms with Gasteiger partial charge in [0.2, 0.25) is 0 Å². The highest BCUT2D eigenvalue weighted by atomic mass is 14.5. The average Bonchev–Trinajstić information content (AvgIpc) is 3.10. The molecule has 0 saturated heterocycles. The Morgan fingerprint density at radius 3 is 1.90 bits per heavy atom. The predicted octanol–water partition coefficient (Wildman–Crippen LogP) is 15.1. The van der Waals surface area contributed by atoms with E-state index in [1.165, 1.54) is 135 Å². The van der Waals surface area contributed by atoms with Gasteiger partial charge in [0.05, 0.1) is 0 Å². The highest BCUT2D eigenvalue weighted by Gasteiger charge is 2.42. The van der Waals surface area contributed by atoms with Crippen LogP contribution < -0.4 is 0 Å². The van der Waals surface area contributed by atoms with Crippen LogP contribution in [-0.2, 0) is 25.7 Å². The van der Waals surface area contributed by atoms with E-state index in [0.717, 1.165) is 35.5 Å². The van der Waals surface area contributed by atoms with Crippen LogP contribution in [0.5, 0.6) is 0 Å². The molecule has 0 amide bonds. The molecule has 0 aliphatic heterocycles. The van der Waals surface area contributed by atoms with E-state index < -0.39 is 0 Å². The standard InChI is InChI=1S/C48H74/c1-8-13-18-34(6)29-36-23-25-44-45(31-36)39(30-35(7)19-14-9-2)33-47-43-28-27-41-40(22-17-12-5)37(20-15-10-3)24-26-42(41)46(43)32-38(48(44)47)21-16-11-4/h24,26-28,32,34-36,39,44-45H,8-23,25,29-31,33H2,1-7H3. The van der Waals surface area contributed by atoms with Crippen LogP contribution in [0.1, 0.15) is 191 Å². The number of hydrogen-bond acceptors (Lipinski definition) is 0. The molecule has 0 heterocycles. The van der Waals surface area contributed by atoms with Gasteiger partial charge in [-0.3, -0.25) is 0 Å². The smallest absolute Gasteiger partial charge is 0.00996 e. The Bertz CT molecular complexity index is 1430. The summed E-state index contributed by atoms with van der Waals surface area (Å²) in [5, 5.41) is 6.29. The molecular formula is C48H74. The molecule has 3 aromatic rings. The Labute approximate surface area is 297 Å². The van der Waals surface area contributed by atoms with Crippen molar-refractivity contribution in [3.63, 3.8) is 0 Å². The van der Waals surface area contributed by atoms with Gasteiger partial charge in [0.1, 0.15) is 0 Å². The summed E-state index contributed by atoms with van der Waals surface area (Å²) in [5.41, 5.74) is 8.65. The summed E-state index contributed by atoms with van der Waals surface area (Å²) < 4.78 is 0. The van der Waals surface area contributed by atoms with Crippen molar-refractivity contribution in [1.29, 1.82) is 0 Å². The maximum absolute atomic E-state index is 2.74. The molecule has 6 atom stereocenters. The summed E-state index contributed by atoms with van der Waals surface area (Å²) >= 11 is 0. The number of benzene rings is 3. The van der Waals surface area contributed by atoms with E-state index in [1.54, 1.807) is 43.8 Å². The minimum absolute atomic E-state index is 0.780. The van der Waals surface area contributed by atoms with Crippen molar-refractivity contribution >= 4 is 21.5 Å². The summed E-state index contributed by atoms with van der Waals surface area (Å²) in [6, 6.07) is 13.0. The fraction of sp³-hybridized carbons (Fsp3) is 0.708. The molecule has 2 aliphatic rings. The fourth-order valence-corrected chi connectivity index (χ4v) is 10.5. The van der Waals surface area contributed by atoms with Gasteiger partial charge in [0, 0.05) is 0 Å². The van der Waals surface area contributed by atoms with Gasteiger partial charge < -0.3 is 0 Å². The predicted molar refractivity (Wildman–Crippen MR) is 215 cm³/mol. The van der Waals surface area contributed by atoms with Crippen LogP contribution in [0, 0.1) is 29.6 Å². The molecule has 2 aliphatic carbocycles. The number of rotatable bonds is 19. The van der Waals surface area contributed by atoms with Crippen molar-refractivity contribution < 1.29 is 0 Å². The summed E-state index contributed by atoms with van der Waals surface area (Å²) in [7, 11) is 0. The zero-order chi connectivity index (χ0) is 34.0. The number of aryl methyl sites for hydroxylation is 3. The molecule has 3 aromatic carbocycles. The van der Waals surface area contributed by atoms with E-state index in [9.17, 15) is 0 Å². The number of hydrogen-bond donors (Lipinski definition) is 0. The van der Waals surface area contributed by atoms with Crippen molar-refractivity contribution in [3.8, 4) is 0 Å². The molecule has 48 heavy (non-hydrogen) atoms. The van der Waals surface area contributed by atoms with E-state index in [4.69, 9.17) is 0 Å². The van der Waals surface area contributed by atoms with Crippen LogP contribution in [0.15, 0.2) is 30.3 Å². The highest BCUT2D eigenvalue weighted by molar-refractivity contribution is 6.10. The summed E-state index contributed by atoms with van der Waals surface area (Å²) in [4.78, 5) is 0. The van der Waals surface area contributed by atoms with Crippen LogP contribution in [0.25, 0.3) is 21.5 Å². The average molecular weight is 651 g/mol. The zero-order valence-electron chi connectivity index (χ0n) is 32.7. The van der Waals surface area contributed by atoms with Crippen LogP contribution in [0.3, 0.4) is 0 Å². The lowest BCUT2D eigenvalue weighted by Crippen LogP contribution is -2.37. The quantitative estimate of drug-likeness (QED) is 0.113. The highest BCUT2D eigenvalue weighted by Crippen LogP contribution is 2.55. The Hall–Kier alpha value is -1.82. The normalized spacial score (nSPS) is 22.1. The third-order valence-corrected chi connectivity index (χ3v) is 13.1. The largest absolute Gasteiger partial charge is 0.0654 e. The first-order chi connectivity index (χ1) is 23.4. The molecule has 1 saturated carbocycles. The lowest BCUT2D eigenvalue weighted by atomic mass is 9.57. The van der Waals surface area contributed by atoms with Gasteiger partial charge in [0.15, 0.2) is 0 Å². The molecule has 6 unspecified atom stereocenters. The first-order valence-electron chi connectivity index (χ1n) is 21.4. The third kappa shape index (κ3) is 8.72. The molecule has 0 nitrogen and oxygen atoms in total. The van der Waals surface area contributed by atoms with E-state index >= 15 is 0 Å². The minimum atomic E-state index is 0.780. The van der Waals surface area contributed by atoms with Crippen LogP contribution in [0.4, 0.5) is 0 Å². The molecule has 1 fully saturated rings. The maximum atomic E-state index is 2.74. The van der Waals surface area contributed by atoms with Crippen molar-refractivity contribution in [2.45, 2.75) is 189 Å². The molecular weight excluding hydrogens is 577 g/mol. The monoisotopic (exact) mass is 651 g/mol. The SMILES string of the molecule is CCCCc1cc2c(ccc3c(CCCC)c(CCCC)ccc32)c2c1C1CCC(CC(C)CCCC)CC1C(CC(C)CCCC)C2. The first kappa shape index (κ1) is 37.4. The molecule has 0 spiro atoms. The van der Waals surface area contributed by atoms with Gasteiger partial charge in [-0.25, -0.2) is 0 Å². The van der Waals surface area contributed by atoms with E-state index in [2.05, 4.69) is 78.8 Å². The topological polar surface area (TPSA) is 0 Å². The molecule has 0 radical (unpaired) electrons. The second-order valence-electron chi connectivity index (χ2n) is 17.1. The lowest BCUT2D eigenvalue weighted by molar-refractivity contribution is 0.119. The van der Waals surface area contributed by atoms with Gasteiger partial charge in [-0.1, -0.05) is 137 Å². The van der Waals surface area contributed by atoms with Gasteiger partial charge >= 0.3 is 0 Å². The zero-order valence-corrected chi connectivity index (χ0v) is 32.7. The van der Waals surface area contributed by atoms with Crippen LogP contribution in [-0.4, -0.2) is 0 Å². The van der Waals surface area contributed by atoms with E-state index in [0.29, 0.717) is 0 Å². The molecule has 5 rings (SSSR count). The summed E-state index contributed by atoms with van der Waals surface area (Å²) in [6.07, 6.45) is 28.4. The fourth-order valence-electron chi connectivity index (χ4n) is 10.5. The minimum Gasteiger partial charge on any atom is -0.0654 e. The number of fused-ring (bicyclic) bond motifs is 7. The third-order valence-electron chi connectivity index (χ3n) is 13.1. The molecule has 0 aromatic heterocycles. The molecule has 0 N–H and O–H groups in total. The summed E-state index contributed by atoms with van der Waals surface area (Å²) in [5.74, 6) is 5.20. The van der Waals surface area contributed by atoms with Gasteiger partial charge in [-0.2, -0.15) is 0 Å². The molecule has 266 valence electrons. The number of unbranched alkanes of at least 4 members (excludes halogenated alkanes) is 5. The Balaban J connectivity index is 1.61. The second kappa shape index (κ2) is 18.4. The van der Waals surface area contributed by atoms with Crippen molar-refractivity contribution in [2.75, 3.05) is 0 Å². The van der Waals surface area contributed by atoms with Crippen LogP contribution in [0.2, 0.25) is 0 Å². The lowest BCUT2D eigenvalue weighted by Gasteiger charge is -2.47. The van der Waals surface area contributed by atoms with E-state index in [-0.39, 0.29) is 0 Å². The van der Waals surface area contributed by atoms with Gasteiger partial charge in [0.25, 0.3) is 0 Å². The Kier molecular flexibility index (Phi) is 14.4. The summed E-state index contributed by atoms with van der Waals surface area (Å²) in [6.45, 7) is 17.0. The van der Waals surface area contributed by atoms with Crippen molar-refractivity contribution in [1.82, 2.24) is 0 Å². The van der Waals surface area contributed by atoms with E-state index in [1.807, 2.05) is 5.56 Å². The van der Waals surface area contributed by atoms with Crippen molar-refractivity contribution in [2.24, 2.45) is 29.6 Å². The molecule has 0 heteroatoms. The first-order valence-corrected chi connectivity index (χ1v) is 21.4.